The standard InChI is InChI=1S/C29H45N3O/c1-30(2)23-24-32(25-26-13-7-6-8-14-26)20-12-5-4-11-19-31-21-17-27(18-22-31)28-15-9-10-16-29(28)33-3/h6-10,13-16,27H,4-5,11-12,17-25H2,1-3H3. The molecule has 0 atom stereocenters. The molecule has 2 aromatic carbocycles. The number of methoxy groups -OCH3 is 1. The van der Waals surface area contributed by atoms with Crippen molar-refractivity contribution in [2.24, 2.45) is 0 Å². The lowest BCUT2D eigenvalue weighted by atomic mass is 9.88. The summed E-state index contributed by atoms with van der Waals surface area (Å²) in [5.41, 5.74) is 2.82. The number of para-hydroxylation sites is 1. The molecule has 3 rings (SSSR count). The molecule has 0 saturated carbocycles. The van der Waals surface area contributed by atoms with Crippen LogP contribution in [0.4, 0.5) is 0 Å². The lowest BCUT2D eigenvalue weighted by Gasteiger charge is -2.32. The summed E-state index contributed by atoms with van der Waals surface area (Å²) in [4.78, 5) is 7.58. The first-order chi connectivity index (χ1) is 16.2. The second-order valence-corrected chi connectivity index (χ2v) is 9.84. The van der Waals surface area contributed by atoms with E-state index in [0.717, 1.165) is 25.4 Å². The van der Waals surface area contributed by atoms with E-state index < -0.39 is 0 Å². The lowest BCUT2D eigenvalue weighted by molar-refractivity contribution is 0.204. The van der Waals surface area contributed by atoms with Crippen molar-refractivity contribution in [2.45, 2.75) is 51.0 Å². The Labute approximate surface area is 202 Å². The minimum atomic E-state index is 0.648. The van der Waals surface area contributed by atoms with E-state index >= 15 is 0 Å². The summed E-state index contributed by atoms with van der Waals surface area (Å²) in [6.45, 7) is 8.23. The van der Waals surface area contributed by atoms with Gasteiger partial charge in [-0.05, 0) is 89.1 Å². The van der Waals surface area contributed by atoms with Gasteiger partial charge >= 0.3 is 0 Å². The average molecular weight is 452 g/mol. The Kier molecular flexibility index (Phi) is 11.2. The van der Waals surface area contributed by atoms with Crippen LogP contribution in [0.2, 0.25) is 0 Å². The topological polar surface area (TPSA) is 19.0 Å². The fourth-order valence-electron chi connectivity index (χ4n) is 4.95. The Balaban J connectivity index is 1.30. The minimum Gasteiger partial charge on any atom is -0.496 e. The summed E-state index contributed by atoms with van der Waals surface area (Å²) in [6, 6.07) is 19.5. The number of likely N-dealkylation sites (N-methyl/N-ethyl adjacent to an activating group) is 1. The molecule has 33 heavy (non-hydrogen) atoms. The number of unbranched alkanes of at least 4 members (excludes halogenated alkanes) is 3. The number of benzene rings is 2. The molecular weight excluding hydrogens is 406 g/mol. The van der Waals surface area contributed by atoms with Crippen LogP contribution in [-0.2, 0) is 6.54 Å². The zero-order valence-electron chi connectivity index (χ0n) is 21.2. The van der Waals surface area contributed by atoms with Crippen molar-refractivity contribution < 1.29 is 4.74 Å². The molecule has 1 aliphatic rings. The van der Waals surface area contributed by atoms with Gasteiger partial charge in [0.25, 0.3) is 0 Å². The summed E-state index contributed by atoms with van der Waals surface area (Å²) in [5, 5.41) is 0. The predicted molar refractivity (Wildman–Crippen MR) is 140 cm³/mol. The van der Waals surface area contributed by atoms with E-state index in [-0.39, 0.29) is 0 Å². The van der Waals surface area contributed by atoms with Crippen molar-refractivity contribution in [1.29, 1.82) is 0 Å². The summed E-state index contributed by atoms with van der Waals surface area (Å²) in [6.07, 6.45) is 7.82. The number of likely N-dealkylation sites (tertiary alicyclic amines) is 1. The third kappa shape index (κ3) is 9.11. The maximum atomic E-state index is 5.59. The molecule has 0 spiro atoms. The Morgan fingerprint density at radius 1 is 0.818 bits per heavy atom. The molecule has 4 nitrogen and oxygen atoms in total. The van der Waals surface area contributed by atoms with Crippen molar-refractivity contribution >= 4 is 0 Å². The van der Waals surface area contributed by atoms with Gasteiger partial charge in [-0.2, -0.15) is 0 Å². The van der Waals surface area contributed by atoms with Crippen molar-refractivity contribution in [3.05, 3.63) is 65.7 Å². The molecule has 1 saturated heterocycles. The van der Waals surface area contributed by atoms with E-state index in [0.29, 0.717) is 5.92 Å². The number of piperidine rings is 1. The Morgan fingerprint density at radius 3 is 2.24 bits per heavy atom. The first kappa shape index (κ1) is 25.7. The molecule has 0 aliphatic carbocycles. The van der Waals surface area contributed by atoms with E-state index in [9.17, 15) is 0 Å². The molecule has 0 amide bonds. The van der Waals surface area contributed by atoms with Gasteiger partial charge < -0.3 is 14.5 Å². The van der Waals surface area contributed by atoms with Crippen LogP contribution in [0.25, 0.3) is 0 Å². The highest BCUT2D eigenvalue weighted by Gasteiger charge is 2.22. The number of rotatable bonds is 14. The molecule has 2 aromatic rings. The normalized spacial score (nSPS) is 15.4. The van der Waals surface area contributed by atoms with Gasteiger partial charge in [0, 0.05) is 19.6 Å². The van der Waals surface area contributed by atoms with E-state index in [1.54, 1.807) is 7.11 Å². The van der Waals surface area contributed by atoms with Crippen LogP contribution in [0, 0.1) is 0 Å². The smallest absolute Gasteiger partial charge is 0.122 e. The number of nitrogens with zero attached hydrogens (tertiary/aromatic N) is 3. The Bertz CT molecular complexity index is 771. The maximum absolute atomic E-state index is 5.59. The third-order valence-corrected chi connectivity index (χ3v) is 6.98. The van der Waals surface area contributed by atoms with Crippen molar-refractivity contribution in [1.82, 2.24) is 14.7 Å². The number of ether oxygens (including phenoxy) is 1. The summed E-state index contributed by atoms with van der Waals surface area (Å²) in [7, 11) is 6.12. The first-order valence-electron chi connectivity index (χ1n) is 12.9. The van der Waals surface area contributed by atoms with Crippen LogP contribution in [0.1, 0.15) is 55.6 Å². The molecule has 182 valence electrons. The van der Waals surface area contributed by atoms with Gasteiger partial charge in [0.15, 0.2) is 0 Å². The molecule has 0 unspecified atom stereocenters. The molecule has 1 fully saturated rings. The molecule has 1 heterocycles. The summed E-state index contributed by atoms with van der Waals surface area (Å²) in [5.74, 6) is 1.71. The fraction of sp³-hybridized carbons (Fsp3) is 0.586. The third-order valence-electron chi connectivity index (χ3n) is 6.98. The zero-order chi connectivity index (χ0) is 23.3. The SMILES string of the molecule is COc1ccccc1C1CCN(CCCCCCN(CCN(C)C)Cc2ccccc2)CC1. The molecule has 1 aliphatic heterocycles. The largest absolute Gasteiger partial charge is 0.496 e. The second kappa shape index (κ2) is 14.4. The summed E-state index contributed by atoms with van der Waals surface area (Å²) >= 11 is 0. The van der Waals surface area contributed by atoms with Gasteiger partial charge in [0.2, 0.25) is 0 Å². The highest BCUT2D eigenvalue weighted by molar-refractivity contribution is 5.36. The molecule has 0 N–H and O–H groups in total. The van der Waals surface area contributed by atoms with Crippen molar-refractivity contribution in [3.8, 4) is 5.75 Å². The predicted octanol–water partition coefficient (Wildman–Crippen LogP) is 5.50. The first-order valence-corrected chi connectivity index (χ1v) is 12.9. The molecular formula is C29H45N3O. The highest BCUT2D eigenvalue weighted by atomic mass is 16.5. The second-order valence-electron chi connectivity index (χ2n) is 9.84. The van der Waals surface area contributed by atoms with Gasteiger partial charge in [-0.1, -0.05) is 61.4 Å². The van der Waals surface area contributed by atoms with Gasteiger partial charge in [0.05, 0.1) is 7.11 Å². The van der Waals surface area contributed by atoms with Crippen LogP contribution in [0.3, 0.4) is 0 Å². The van der Waals surface area contributed by atoms with E-state index in [1.165, 1.54) is 75.8 Å². The molecule has 0 radical (unpaired) electrons. The minimum absolute atomic E-state index is 0.648. The van der Waals surface area contributed by atoms with Crippen LogP contribution < -0.4 is 4.74 Å². The van der Waals surface area contributed by atoms with E-state index in [2.05, 4.69) is 83.4 Å². The van der Waals surface area contributed by atoms with E-state index in [1.807, 2.05) is 0 Å². The molecule has 0 aromatic heterocycles. The lowest BCUT2D eigenvalue weighted by Crippen LogP contribution is -2.33. The van der Waals surface area contributed by atoms with Crippen LogP contribution in [0.15, 0.2) is 54.6 Å². The van der Waals surface area contributed by atoms with Gasteiger partial charge in [-0.25, -0.2) is 0 Å². The zero-order valence-corrected chi connectivity index (χ0v) is 21.2. The van der Waals surface area contributed by atoms with Crippen molar-refractivity contribution in [2.75, 3.05) is 60.5 Å². The Hall–Kier alpha value is -1.88. The Morgan fingerprint density at radius 2 is 1.52 bits per heavy atom. The van der Waals surface area contributed by atoms with Gasteiger partial charge in [0.1, 0.15) is 5.75 Å². The molecule has 4 heteroatoms. The quantitative estimate of drug-likeness (QED) is 0.353. The maximum Gasteiger partial charge on any atom is 0.122 e. The molecule has 0 bridgehead atoms. The average Bonchev–Trinajstić information content (AvgIpc) is 2.85. The summed E-state index contributed by atoms with van der Waals surface area (Å²) < 4.78 is 5.59. The monoisotopic (exact) mass is 451 g/mol. The van der Waals surface area contributed by atoms with Crippen LogP contribution in [-0.4, -0.2) is 75.2 Å². The highest BCUT2D eigenvalue weighted by Crippen LogP contribution is 2.34. The van der Waals surface area contributed by atoms with Gasteiger partial charge in [-0.15, -0.1) is 0 Å². The van der Waals surface area contributed by atoms with E-state index in [4.69, 9.17) is 4.74 Å². The fourth-order valence-corrected chi connectivity index (χ4v) is 4.95. The number of hydrogen-bond donors (Lipinski definition) is 0. The van der Waals surface area contributed by atoms with Crippen LogP contribution in [0.5, 0.6) is 5.75 Å². The number of hydrogen-bond acceptors (Lipinski definition) is 4. The van der Waals surface area contributed by atoms with Gasteiger partial charge in [-0.3, -0.25) is 4.90 Å². The van der Waals surface area contributed by atoms with Crippen molar-refractivity contribution in [3.63, 3.8) is 0 Å². The van der Waals surface area contributed by atoms with Crippen LogP contribution >= 0.6 is 0 Å².